The Balaban J connectivity index is 2.43. The average Bonchev–Trinajstić information content (AvgIpc) is 2.42. The SMILES string of the molecule is COc1c(C)c(C)cc(C)c1C(=O)C1CCCNC1. The molecule has 0 aliphatic carbocycles. The lowest BCUT2D eigenvalue weighted by Crippen LogP contribution is -2.34. The Morgan fingerprint density at radius 3 is 2.63 bits per heavy atom. The summed E-state index contributed by atoms with van der Waals surface area (Å²) in [6.07, 6.45) is 2.05. The van der Waals surface area contributed by atoms with Gasteiger partial charge in [-0.25, -0.2) is 0 Å². The van der Waals surface area contributed by atoms with Crippen LogP contribution in [0.2, 0.25) is 0 Å². The highest BCUT2D eigenvalue weighted by atomic mass is 16.5. The Morgan fingerprint density at radius 2 is 2.05 bits per heavy atom. The second-order valence-electron chi connectivity index (χ2n) is 5.45. The fourth-order valence-electron chi connectivity index (χ4n) is 2.89. The van der Waals surface area contributed by atoms with Crippen molar-refractivity contribution in [3.8, 4) is 5.75 Å². The topological polar surface area (TPSA) is 38.3 Å². The molecule has 1 heterocycles. The number of ketones is 1. The zero-order valence-electron chi connectivity index (χ0n) is 12.3. The van der Waals surface area contributed by atoms with Gasteiger partial charge in [0.2, 0.25) is 0 Å². The van der Waals surface area contributed by atoms with Crippen molar-refractivity contribution in [2.45, 2.75) is 33.6 Å². The Labute approximate surface area is 115 Å². The van der Waals surface area contributed by atoms with E-state index in [-0.39, 0.29) is 11.7 Å². The normalized spacial score (nSPS) is 19.3. The lowest BCUT2D eigenvalue weighted by atomic mass is 9.87. The fraction of sp³-hybridized carbons (Fsp3) is 0.562. The van der Waals surface area contributed by atoms with Crippen LogP contribution in [-0.4, -0.2) is 26.0 Å². The van der Waals surface area contributed by atoms with Gasteiger partial charge in [0.1, 0.15) is 5.75 Å². The van der Waals surface area contributed by atoms with Gasteiger partial charge < -0.3 is 10.1 Å². The molecule has 0 saturated carbocycles. The number of Topliss-reactive ketones (excluding diaryl/α,β-unsaturated/α-hetero) is 1. The van der Waals surface area contributed by atoms with E-state index in [0.717, 1.165) is 48.4 Å². The molecule has 1 aliphatic rings. The van der Waals surface area contributed by atoms with Gasteiger partial charge in [0.05, 0.1) is 12.7 Å². The van der Waals surface area contributed by atoms with E-state index in [9.17, 15) is 4.79 Å². The molecule has 2 rings (SSSR count). The number of hydrogen-bond donors (Lipinski definition) is 1. The minimum atomic E-state index is 0.0865. The number of rotatable bonds is 3. The second kappa shape index (κ2) is 5.74. The first kappa shape index (κ1) is 14.1. The Kier molecular flexibility index (Phi) is 4.25. The van der Waals surface area contributed by atoms with E-state index in [1.54, 1.807) is 7.11 Å². The van der Waals surface area contributed by atoms with Crippen LogP contribution in [-0.2, 0) is 0 Å². The molecule has 0 aromatic heterocycles. The van der Waals surface area contributed by atoms with Crippen molar-refractivity contribution in [1.82, 2.24) is 5.32 Å². The van der Waals surface area contributed by atoms with Gasteiger partial charge in [-0.1, -0.05) is 6.07 Å². The molecular weight excluding hydrogens is 238 g/mol. The van der Waals surface area contributed by atoms with Gasteiger partial charge in [0.15, 0.2) is 5.78 Å². The molecule has 19 heavy (non-hydrogen) atoms. The first-order valence-electron chi connectivity index (χ1n) is 6.96. The third kappa shape index (κ3) is 2.66. The summed E-state index contributed by atoms with van der Waals surface area (Å²) in [5.74, 6) is 1.07. The number of hydrogen-bond acceptors (Lipinski definition) is 3. The van der Waals surface area contributed by atoms with E-state index < -0.39 is 0 Å². The Hall–Kier alpha value is -1.35. The molecule has 1 fully saturated rings. The fourth-order valence-corrected chi connectivity index (χ4v) is 2.89. The number of carbonyl (C=O) groups excluding carboxylic acids is 1. The maximum atomic E-state index is 12.7. The van der Waals surface area contributed by atoms with Crippen molar-refractivity contribution in [2.75, 3.05) is 20.2 Å². The molecule has 1 unspecified atom stereocenters. The Bertz CT molecular complexity index is 488. The van der Waals surface area contributed by atoms with Crippen molar-refractivity contribution in [3.63, 3.8) is 0 Å². The number of methoxy groups -OCH3 is 1. The summed E-state index contributed by atoms with van der Waals surface area (Å²) in [5, 5.41) is 3.31. The van der Waals surface area contributed by atoms with Crippen molar-refractivity contribution >= 4 is 5.78 Å². The molecule has 1 aliphatic heterocycles. The van der Waals surface area contributed by atoms with Crippen LogP contribution in [0.1, 0.15) is 39.9 Å². The highest BCUT2D eigenvalue weighted by molar-refractivity contribution is 6.02. The number of piperidine rings is 1. The van der Waals surface area contributed by atoms with Crippen LogP contribution in [0.3, 0.4) is 0 Å². The van der Waals surface area contributed by atoms with Gasteiger partial charge in [-0.15, -0.1) is 0 Å². The molecule has 0 bridgehead atoms. The van der Waals surface area contributed by atoms with E-state index in [0.29, 0.717) is 0 Å². The van der Waals surface area contributed by atoms with Gasteiger partial charge >= 0.3 is 0 Å². The van der Waals surface area contributed by atoms with E-state index in [2.05, 4.69) is 18.3 Å². The molecule has 1 N–H and O–H groups in total. The lowest BCUT2D eigenvalue weighted by Gasteiger charge is -2.24. The minimum absolute atomic E-state index is 0.0865. The molecule has 1 aromatic carbocycles. The first-order chi connectivity index (χ1) is 9.06. The van der Waals surface area contributed by atoms with E-state index in [1.165, 1.54) is 5.56 Å². The quantitative estimate of drug-likeness (QED) is 0.850. The van der Waals surface area contributed by atoms with Gasteiger partial charge in [0.25, 0.3) is 0 Å². The Morgan fingerprint density at radius 1 is 1.32 bits per heavy atom. The zero-order chi connectivity index (χ0) is 14.0. The number of ether oxygens (including phenoxy) is 1. The number of benzene rings is 1. The third-order valence-electron chi connectivity index (χ3n) is 4.10. The van der Waals surface area contributed by atoms with Crippen molar-refractivity contribution < 1.29 is 9.53 Å². The van der Waals surface area contributed by atoms with Crippen LogP contribution in [0.25, 0.3) is 0 Å². The molecule has 1 aromatic rings. The molecule has 0 radical (unpaired) electrons. The summed E-state index contributed by atoms with van der Waals surface area (Å²) in [7, 11) is 1.65. The number of carbonyl (C=O) groups is 1. The minimum Gasteiger partial charge on any atom is -0.496 e. The van der Waals surface area contributed by atoms with Crippen LogP contribution in [0.15, 0.2) is 6.07 Å². The van der Waals surface area contributed by atoms with Gasteiger partial charge in [0, 0.05) is 12.5 Å². The molecule has 0 amide bonds. The van der Waals surface area contributed by atoms with E-state index in [1.807, 2.05) is 13.8 Å². The van der Waals surface area contributed by atoms with Crippen LogP contribution in [0.4, 0.5) is 0 Å². The summed E-state index contributed by atoms with van der Waals surface area (Å²) in [4.78, 5) is 12.7. The smallest absolute Gasteiger partial charge is 0.171 e. The van der Waals surface area contributed by atoms with Crippen LogP contribution >= 0.6 is 0 Å². The monoisotopic (exact) mass is 261 g/mol. The molecule has 104 valence electrons. The van der Waals surface area contributed by atoms with Crippen molar-refractivity contribution in [1.29, 1.82) is 0 Å². The molecule has 3 nitrogen and oxygen atoms in total. The predicted octanol–water partition coefficient (Wildman–Crippen LogP) is 2.80. The van der Waals surface area contributed by atoms with Crippen LogP contribution in [0.5, 0.6) is 5.75 Å². The first-order valence-corrected chi connectivity index (χ1v) is 6.96. The highest BCUT2D eigenvalue weighted by Gasteiger charge is 2.27. The maximum Gasteiger partial charge on any atom is 0.171 e. The molecule has 1 atom stereocenters. The van der Waals surface area contributed by atoms with Gasteiger partial charge in [-0.05, 0) is 56.8 Å². The average molecular weight is 261 g/mol. The van der Waals surface area contributed by atoms with Crippen molar-refractivity contribution in [3.05, 3.63) is 28.3 Å². The summed E-state index contributed by atoms with van der Waals surface area (Å²) in [5.41, 5.74) is 4.04. The largest absolute Gasteiger partial charge is 0.496 e. The van der Waals surface area contributed by atoms with Gasteiger partial charge in [-0.2, -0.15) is 0 Å². The molecule has 1 saturated heterocycles. The summed E-state index contributed by atoms with van der Waals surface area (Å²) in [6.45, 7) is 7.88. The van der Waals surface area contributed by atoms with E-state index in [4.69, 9.17) is 4.74 Å². The van der Waals surface area contributed by atoms with E-state index >= 15 is 0 Å². The maximum absolute atomic E-state index is 12.7. The predicted molar refractivity (Wildman–Crippen MR) is 77.1 cm³/mol. The summed E-state index contributed by atoms with van der Waals surface area (Å²) >= 11 is 0. The highest BCUT2D eigenvalue weighted by Crippen LogP contribution is 2.32. The molecular formula is C16H23NO2. The standard InChI is InChI=1S/C16H23NO2/c1-10-8-11(2)14(16(19-4)12(10)3)15(18)13-6-5-7-17-9-13/h8,13,17H,5-7,9H2,1-4H3. The van der Waals surface area contributed by atoms with Crippen LogP contribution in [0, 0.1) is 26.7 Å². The second-order valence-corrected chi connectivity index (χ2v) is 5.45. The summed E-state index contributed by atoms with van der Waals surface area (Å²) in [6, 6.07) is 2.08. The van der Waals surface area contributed by atoms with Crippen molar-refractivity contribution in [2.24, 2.45) is 5.92 Å². The molecule has 0 spiro atoms. The third-order valence-corrected chi connectivity index (χ3v) is 4.10. The number of aryl methyl sites for hydroxylation is 2. The number of nitrogens with one attached hydrogen (secondary N) is 1. The lowest BCUT2D eigenvalue weighted by molar-refractivity contribution is 0.0895. The molecule has 3 heteroatoms. The summed E-state index contributed by atoms with van der Waals surface area (Å²) < 4.78 is 5.51. The zero-order valence-corrected chi connectivity index (χ0v) is 12.3. The van der Waals surface area contributed by atoms with Gasteiger partial charge in [-0.3, -0.25) is 4.79 Å². The van der Waals surface area contributed by atoms with Crippen LogP contribution < -0.4 is 10.1 Å².